The summed E-state index contributed by atoms with van der Waals surface area (Å²) in [6.07, 6.45) is 3.66. The minimum Gasteiger partial charge on any atom is -0.476 e. The van der Waals surface area contributed by atoms with Crippen LogP contribution in [0.5, 0.6) is 5.88 Å². The molecule has 0 amide bonds. The van der Waals surface area contributed by atoms with E-state index >= 15 is 0 Å². The van der Waals surface area contributed by atoms with Crippen LogP contribution >= 0.6 is 15.9 Å². The Hall–Kier alpha value is -1.40. The van der Waals surface area contributed by atoms with Crippen molar-refractivity contribution in [3.8, 4) is 17.1 Å². The maximum Gasteiger partial charge on any atom is 0.213 e. The molecular formula is C13H17BrN4O. The molecule has 0 aliphatic carbocycles. The third-order valence-electron chi connectivity index (χ3n) is 2.58. The number of hydrogen-bond acceptors (Lipinski definition) is 4. The molecule has 2 rings (SSSR count). The first-order chi connectivity index (χ1) is 9.06. The van der Waals surface area contributed by atoms with Gasteiger partial charge in [-0.05, 0) is 36.1 Å². The van der Waals surface area contributed by atoms with Crippen molar-refractivity contribution in [3.63, 3.8) is 0 Å². The number of ether oxygens (including phenoxy) is 1. The highest BCUT2D eigenvalue weighted by Gasteiger charge is 2.09. The number of likely N-dealkylation sites (N-methyl/N-ethyl adjacent to an activating group) is 1. The van der Waals surface area contributed by atoms with Crippen LogP contribution in [0.25, 0.3) is 11.3 Å². The molecule has 0 atom stereocenters. The number of aryl methyl sites for hydroxylation is 1. The van der Waals surface area contributed by atoms with Gasteiger partial charge >= 0.3 is 0 Å². The summed E-state index contributed by atoms with van der Waals surface area (Å²) in [7, 11) is 5.92. The van der Waals surface area contributed by atoms with Crippen molar-refractivity contribution in [2.45, 2.75) is 0 Å². The fraction of sp³-hybridized carbons (Fsp3) is 0.385. The highest BCUT2D eigenvalue weighted by molar-refractivity contribution is 9.10. The van der Waals surface area contributed by atoms with E-state index in [2.05, 4.69) is 30.9 Å². The molecule has 2 heterocycles. The van der Waals surface area contributed by atoms with Gasteiger partial charge in [-0.15, -0.1) is 0 Å². The lowest BCUT2D eigenvalue weighted by Crippen LogP contribution is -2.19. The van der Waals surface area contributed by atoms with E-state index in [9.17, 15) is 0 Å². The lowest BCUT2D eigenvalue weighted by molar-refractivity contribution is 0.254. The predicted octanol–water partition coefficient (Wildman–Crippen LogP) is 2.18. The van der Waals surface area contributed by atoms with Crippen molar-refractivity contribution < 1.29 is 4.74 Å². The summed E-state index contributed by atoms with van der Waals surface area (Å²) in [4.78, 5) is 6.28. The van der Waals surface area contributed by atoms with Gasteiger partial charge < -0.3 is 9.64 Å². The molecule has 0 saturated carbocycles. The second-order valence-electron chi connectivity index (χ2n) is 4.53. The third kappa shape index (κ3) is 3.78. The lowest BCUT2D eigenvalue weighted by Gasteiger charge is -2.10. The van der Waals surface area contributed by atoms with E-state index in [4.69, 9.17) is 4.74 Å². The summed E-state index contributed by atoms with van der Waals surface area (Å²) < 4.78 is 8.35. The zero-order chi connectivity index (χ0) is 13.8. The first-order valence-electron chi connectivity index (χ1n) is 5.99. The van der Waals surface area contributed by atoms with Crippen LogP contribution in [-0.4, -0.2) is 46.9 Å². The van der Waals surface area contributed by atoms with E-state index in [1.807, 2.05) is 39.5 Å². The zero-order valence-electron chi connectivity index (χ0n) is 11.3. The lowest BCUT2D eigenvalue weighted by atomic mass is 10.2. The molecule has 5 nitrogen and oxygen atoms in total. The van der Waals surface area contributed by atoms with Crippen LogP contribution in [0.3, 0.4) is 0 Å². The predicted molar refractivity (Wildman–Crippen MR) is 78.2 cm³/mol. The molecule has 0 radical (unpaired) electrons. The number of halogens is 1. The number of nitrogens with zero attached hydrogens (tertiary/aromatic N) is 4. The van der Waals surface area contributed by atoms with Crippen molar-refractivity contribution in [1.82, 2.24) is 19.7 Å². The largest absolute Gasteiger partial charge is 0.476 e. The van der Waals surface area contributed by atoms with Gasteiger partial charge in [-0.25, -0.2) is 4.98 Å². The molecule has 102 valence electrons. The van der Waals surface area contributed by atoms with Crippen LogP contribution < -0.4 is 4.74 Å². The minimum atomic E-state index is 0.618. The van der Waals surface area contributed by atoms with Crippen molar-refractivity contribution >= 4 is 15.9 Å². The summed E-state index contributed by atoms with van der Waals surface area (Å²) in [5.74, 6) is 0.622. The highest BCUT2D eigenvalue weighted by atomic mass is 79.9. The van der Waals surface area contributed by atoms with E-state index in [0.717, 1.165) is 22.3 Å². The number of pyridine rings is 1. The van der Waals surface area contributed by atoms with Crippen molar-refractivity contribution in [1.29, 1.82) is 0 Å². The Bertz CT molecular complexity index is 553. The molecule has 0 bridgehead atoms. The highest BCUT2D eigenvalue weighted by Crippen LogP contribution is 2.27. The van der Waals surface area contributed by atoms with Gasteiger partial charge in [-0.2, -0.15) is 5.10 Å². The van der Waals surface area contributed by atoms with Crippen LogP contribution in [0.15, 0.2) is 29.0 Å². The Morgan fingerprint density at radius 1 is 1.42 bits per heavy atom. The van der Waals surface area contributed by atoms with Gasteiger partial charge in [0.15, 0.2) is 0 Å². The monoisotopic (exact) mass is 324 g/mol. The molecule has 19 heavy (non-hydrogen) atoms. The van der Waals surface area contributed by atoms with Crippen LogP contribution in [-0.2, 0) is 7.05 Å². The average molecular weight is 325 g/mol. The fourth-order valence-corrected chi connectivity index (χ4v) is 2.23. The molecule has 0 N–H and O–H groups in total. The quantitative estimate of drug-likeness (QED) is 0.845. The van der Waals surface area contributed by atoms with Crippen LogP contribution in [0.4, 0.5) is 0 Å². The molecular weight excluding hydrogens is 308 g/mol. The van der Waals surface area contributed by atoms with Crippen LogP contribution in [0.1, 0.15) is 0 Å². The Morgan fingerprint density at radius 3 is 2.84 bits per heavy atom. The third-order valence-corrected chi connectivity index (χ3v) is 3.16. The average Bonchev–Trinajstić information content (AvgIpc) is 2.68. The molecule has 0 aliphatic rings. The first kappa shape index (κ1) is 14.0. The Balaban J connectivity index is 2.13. The van der Waals surface area contributed by atoms with E-state index in [0.29, 0.717) is 12.5 Å². The topological polar surface area (TPSA) is 43.2 Å². The van der Waals surface area contributed by atoms with Gasteiger partial charge in [0.05, 0.1) is 4.47 Å². The van der Waals surface area contributed by atoms with Gasteiger partial charge in [0.25, 0.3) is 0 Å². The number of aromatic nitrogens is 3. The summed E-state index contributed by atoms with van der Waals surface area (Å²) in [6, 6.07) is 3.83. The molecule has 0 aliphatic heterocycles. The van der Waals surface area contributed by atoms with Gasteiger partial charge in [0, 0.05) is 37.6 Å². The van der Waals surface area contributed by atoms with Crippen LogP contribution in [0, 0.1) is 0 Å². The maximum atomic E-state index is 5.62. The minimum absolute atomic E-state index is 0.618. The summed E-state index contributed by atoms with van der Waals surface area (Å²) in [5, 5.41) is 4.41. The zero-order valence-corrected chi connectivity index (χ0v) is 12.9. The molecule has 2 aromatic heterocycles. The summed E-state index contributed by atoms with van der Waals surface area (Å²) in [5.41, 5.74) is 1.88. The second kappa shape index (κ2) is 6.16. The maximum absolute atomic E-state index is 5.62. The molecule has 6 heteroatoms. The smallest absolute Gasteiger partial charge is 0.213 e. The summed E-state index contributed by atoms with van der Waals surface area (Å²) >= 11 is 3.50. The van der Waals surface area contributed by atoms with E-state index < -0.39 is 0 Å². The molecule has 0 aromatic carbocycles. The van der Waals surface area contributed by atoms with Gasteiger partial charge in [-0.1, -0.05) is 0 Å². The SMILES string of the molecule is CN(C)CCOc1cc(-c2nn(C)cc2Br)ccn1. The molecule has 0 fully saturated rings. The molecule has 0 saturated heterocycles. The summed E-state index contributed by atoms with van der Waals surface area (Å²) in [6.45, 7) is 1.48. The van der Waals surface area contributed by atoms with Crippen molar-refractivity contribution in [2.24, 2.45) is 7.05 Å². The van der Waals surface area contributed by atoms with Crippen molar-refractivity contribution in [3.05, 3.63) is 29.0 Å². The van der Waals surface area contributed by atoms with Crippen molar-refractivity contribution in [2.75, 3.05) is 27.2 Å². The normalized spacial score (nSPS) is 11.0. The van der Waals surface area contributed by atoms with E-state index in [1.165, 1.54) is 0 Å². The first-order valence-corrected chi connectivity index (χ1v) is 6.78. The van der Waals surface area contributed by atoms with E-state index in [-0.39, 0.29) is 0 Å². The fourth-order valence-electron chi connectivity index (χ4n) is 1.62. The Labute approximate surface area is 121 Å². The van der Waals surface area contributed by atoms with Crippen LogP contribution in [0.2, 0.25) is 0 Å². The van der Waals surface area contributed by atoms with Gasteiger partial charge in [-0.3, -0.25) is 4.68 Å². The Morgan fingerprint density at radius 2 is 2.21 bits per heavy atom. The number of rotatable bonds is 5. The standard InChI is InChI=1S/C13H17BrN4O/c1-17(2)6-7-19-12-8-10(4-5-15-12)13-11(14)9-18(3)16-13/h4-5,8-9H,6-7H2,1-3H3. The van der Waals surface area contributed by atoms with Gasteiger partial charge in [0.1, 0.15) is 12.3 Å². The Kier molecular flexibility index (Phi) is 4.55. The second-order valence-corrected chi connectivity index (χ2v) is 5.39. The van der Waals surface area contributed by atoms with E-state index in [1.54, 1.807) is 10.9 Å². The number of hydrogen-bond donors (Lipinski definition) is 0. The molecule has 0 unspecified atom stereocenters. The van der Waals surface area contributed by atoms with Gasteiger partial charge in [0.2, 0.25) is 5.88 Å². The molecule has 0 spiro atoms. The molecule has 2 aromatic rings.